The molecule has 0 unspecified atom stereocenters. The van der Waals surface area contributed by atoms with Crippen LogP contribution in [0.5, 0.6) is 0 Å². The quantitative estimate of drug-likeness (QED) is 0.581. The van der Waals surface area contributed by atoms with Gasteiger partial charge in [-0.05, 0) is 18.9 Å². The summed E-state index contributed by atoms with van der Waals surface area (Å²) in [5, 5.41) is 0. The van der Waals surface area contributed by atoms with Gasteiger partial charge >= 0.3 is 0 Å². The van der Waals surface area contributed by atoms with Gasteiger partial charge in [-0.15, -0.1) is 0 Å². The summed E-state index contributed by atoms with van der Waals surface area (Å²) in [6, 6.07) is -0.140. The van der Waals surface area contributed by atoms with E-state index in [4.69, 9.17) is 10.5 Å². The normalized spacial score (nSPS) is 30.4. The fourth-order valence-corrected chi connectivity index (χ4v) is 1.12. The van der Waals surface area contributed by atoms with E-state index in [9.17, 15) is 4.79 Å². The maximum absolute atomic E-state index is 11.3. The summed E-state index contributed by atoms with van der Waals surface area (Å²) in [7, 11) is 0. The second-order valence-electron chi connectivity index (χ2n) is 2.89. The zero-order valence-corrected chi connectivity index (χ0v) is 6.67. The number of hydrogen-bond acceptors (Lipinski definition) is 3. The molecule has 3 heteroatoms. The Morgan fingerprint density at radius 3 is 2.73 bits per heavy atom. The monoisotopic (exact) mass is 155 g/mol. The van der Waals surface area contributed by atoms with Crippen LogP contribution in [0.25, 0.3) is 0 Å². The van der Waals surface area contributed by atoms with Gasteiger partial charge in [-0.1, -0.05) is 6.58 Å². The van der Waals surface area contributed by atoms with Crippen LogP contribution in [0.3, 0.4) is 0 Å². The van der Waals surface area contributed by atoms with E-state index in [1.807, 2.05) is 0 Å². The Morgan fingerprint density at radius 1 is 1.73 bits per heavy atom. The average molecular weight is 155 g/mol. The molecule has 2 atom stereocenters. The van der Waals surface area contributed by atoms with Gasteiger partial charge in [-0.2, -0.15) is 0 Å². The van der Waals surface area contributed by atoms with E-state index in [1.54, 1.807) is 6.92 Å². The molecule has 1 aliphatic rings. The van der Waals surface area contributed by atoms with Crippen molar-refractivity contribution in [1.82, 2.24) is 0 Å². The van der Waals surface area contributed by atoms with Crippen molar-refractivity contribution in [3.05, 3.63) is 12.2 Å². The number of rotatable bonds is 2. The summed E-state index contributed by atoms with van der Waals surface area (Å²) in [6.45, 7) is 5.81. The fourth-order valence-electron chi connectivity index (χ4n) is 1.12. The van der Waals surface area contributed by atoms with Gasteiger partial charge in [0.25, 0.3) is 0 Å². The summed E-state index contributed by atoms with van der Waals surface area (Å²) >= 11 is 0. The van der Waals surface area contributed by atoms with Crippen molar-refractivity contribution in [2.45, 2.75) is 25.5 Å². The second kappa shape index (κ2) is 3.15. The predicted molar refractivity (Wildman–Crippen MR) is 42.2 cm³/mol. The first-order valence-electron chi connectivity index (χ1n) is 3.70. The molecule has 0 aromatic heterocycles. The van der Waals surface area contributed by atoms with Crippen molar-refractivity contribution in [2.75, 3.05) is 6.61 Å². The van der Waals surface area contributed by atoms with Crippen LogP contribution < -0.4 is 5.73 Å². The van der Waals surface area contributed by atoms with Gasteiger partial charge in [0.1, 0.15) is 6.10 Å². The van der Waals surface area contributed by atoms with E-state index >= 15 is 0 Å². The third-order valence-electron chi connectivity index (χ3n) is 1.82. The predicted octanol–water partition coefficient (Wildman–Crippen LogP) is 0.248. The smallest absolute Gasteiger partial charge is 0.188 e. The van der Waals surface area contributed by atoms with Crippen molar-refractivity contribution in [2.24, 2.45) is 5.73 Å². The molecule has 1 heterocycles. The van der Waals surface area contributed by atoms with Gasteiger partial charge in [0.05, 0.1) is 0 Å². The molecule has 1 saturated heterocycles. The number of ether oxygens (including phenoxy) is 1. The maximum atomic E-state index is 11.3. The number of carbonyl (C=O) groups excluding carboxylic acids is 1. The molecule has 11 heavy (non-hydrogen) atoms. The van der Waals surface area contributed by atoms with Crippen LogP contribution in [-0.4, -0.2) is 24.5 Å². The van der Waals surface area contributed by atoms with Gasteiger partial charge in [0.15, 0.2) is 5.78 Å². The summed E-state index contributed by atoms with van der Waals surface area (Å²) in [5.41, 5.74) is 6.15. The van der Waals surface area contributed by atoms with Crippen molar-refractivity contribution in [3.63, 3.8) is 0 Å². The molecule has 0 aromatic carbocycles. The fraction of sp³-hybridized carbons (Fsp3) is 0.625. The van der Waals surface area contributed by atoms with E-state index in [2.05, 4.69) is 6.58 Å². The first-order valence-corrected chi connectivity index (χ1v) is 3.70. The highest BCUT2D eigenvalue weighted by molar-refractivity contribution is 5.98. The summed E-state index contributed by atoms with van der Waals surface area (Å²) < 4.78 is 5.15. The molecular formula is C8H13NO2. The Balaban J connectivity index is 2.60. The van der Waals surface area contributed by atoms with Crippen molar-refractivity contribution in [1.29, 1.82) is 0 Å². The van der Waals surface area contributed by atoms with Crippen LogP contribution in [0.4, 0.5) is 0 Å². The minimum atomic E-state index is -0.438. The molecular weight excluding hydrogens is 142 g/mol. The van der Waals surface area contributed by atoms with E-state index in [-0.39, 0.29) is 11.8 Å². The lowest BCUT2D eigenvalue weighted by atomic mass is 10.0. The molecule has 0 radical (unpaired) electrons. The molecule has 2 N–H and O–H groups in total. The zero-order chi connectivity index (χ0) is 8.43. The Morgan fingerprint density at radius 2 is 2.36 bits per heavy atom. The Hall–Kier alpha value is -0.670. The molecule has 0 amide bonds. The van der Waals surface area contributed by atoms with Crippen LogP contribution in [0.1, 0.15) is 13.3 Å². The number of ketones is 1. The molecule has 0 bridgehead atoms. The average Bonchev–Trinajstić information content (AvgIpc) is 2.33. The minimum Gasteiger partial charge on any atom is -0.368 e. The van der Waals surface area contributed by atoms with Crippen molar-refractivity contribution >= 4 is 5.78 Å². The van der Waals surface area contributed by atoms with Crippen LogP contribution >= 0.6 is 0 Å². The van der Waals surface area contributed by atoms with Crippen LogP contribution in [0, 0.1) is 0 Å². The highest BCUT2D eigenvalue weighted by atomic mass is 16.5. The zero-order valence-electron chi connectivity index (χ0n) is 6.67. The Labute approximate surface area is 66.2 Å². The Kier molecular flexibility index (Phi) is 2.42. The third-order valence-corrected chi connectivity index (χ3v) is 1.82. The molecule has 3 nitrogen and oxygen atoms in total. The lowest BCUT2D eigenvalue weighted by Gasteiger charge is -2.12. The SMILES string of the molecule is C=C(C)C(=O)[C@H]1OCC[C@H]1N. The van der Waals surface area contributed by atoms with E-state index in [1.165, 1.54) is 0 Å². The van der Waals surface area contributed by atoms with Crippen LogP contribution in [0.15, 0.2) is 12.2 Å². The minimum absolute atomic E-state index is 0.0602. The Bertz CT molecular complexity index is 189. The molecule has 62 valence electrons. The van der Waals surface area contributed by atoms with Gasteiger partial charge in [-0.3, -0.25) is 4.79 Å². The lowest BCUT2D eigenvalue weighted by Crippen LogP contribution is -2.37. The number of Topliss-reactive ketones (excluding diaryl/α,β-unsaturated/α-hetero) is 1. The molecule has 0 aliphatic carbocycles. The van der Waals surface area contributed by atoms with Crippen molar-refractivity contribution in [3.8, 4) is 0 Å². The van der Waals surface area contributed by atoms with E-state index < -0.39 is 6.10 Å². The largest absolute Gasteiger partial charge is 0.368 e. The maximum Gasteiger partial charge on any atom is 0.188 e. The number of nitrogens with two attached hydrogens (primary N) is 1. The highest BCUT2D eigenvalue weighted by Gasteiger charge is 2.31. The van der Waals surface area contributed by atoms with Crippen molar-refractivity contribution < 1.29 is 9.53 Å². The third kappa shape index (κ3) is 1.67. The summed E-state index contributed by atoms with van der Waals surface area (Å²) in [5.74, 6) is -0.0602. The molecule has 0 aromatic rings. The summed E-state index contributed by atoms with van der Waals surface area (Å²) in [6.07, 6.45) is 0.330. The first-order chi connectivity index (χ1) is 5.13. The van der Waals surface area contributed by atoms with E-state index in [0.29, 0.717) is 12.2 Å². The molecule has 1 rings (SSSR count). The molecule has 1 aliphatic heterocycles. The summed E-state index contributed by atoms with van der Waals surface area (Å²) in [4.78, 5) is 11.3. The molecule has 0 spiro atoms. The van der Waals surface area contributed by atoms with Gasteiger partial charge in [0, 0.05) is 12.6 Å². The standard InChI is InChI=1S/C8H13NO2/c1-5(2)7(10)8-6(9)3-4-11-8/h6,8H,1,3-4,9H2,2H3/t6-,8+/m1/s1. The van der Waals surface area contributed by atoms with Crippen LogP contribution in [0.2, 0.25) is 0 Å². The topological polar surface area (TPSA) is 52.3 Å². The molecule has 1 fully saturated rings. The lowest BCUT2D eigenvalue weighted by molar-refractivity contribution is -0.124. The van der Waals surface area contributed by atoms with E-state index in [0.717, 1.165) is 6.42 Å². The van der Waals surface area contributed by atoms with Gasteiger partial charge in [-0.25, -0.2) is 0 Å². The van der Waals surface area contributed by atoms with Gasteiger partial charge < -0.3 is 10.5 Å². The highest BCUT2D eigenvalue weighted by Crippen LogP contribution is 2.14. The number of hydrogen-bond donors (Lipinski definition) is 1. The first kappa shape index (κ1) is 8.43. The van der Waals surface area contributed by atoms with Crippen LogP contribution in [-0.2, 0) is 9.53 Å². The van der Waals surface area contributed by atoms with Gasteiger partial charge in [0.2, 0.25) is 0 Å². The number of carbonyl (C=O) groups is 1. The second-order valence-corrected chi connectivity index (χ2v) is 2.89. The molecule has 0 saturated carbocycles.